The molecule has 0 saturated carbocycles. The second kappa shape index (κ2) is 12.1. The molecule has 0 saturated heterocycles. The van der Waals surface area contributed by atoms with E-state index in [1.54, 1.807) is 44.2 Å². The molecular formula is C31H26ClFN2O5S. The lowest BCUT2D eigenvalue weighted by molar-refractivity contribution is -0.139. The average Bonchev–Trinajstić information content (AvgIpc) is 3.26. The van der Waals surface area contributed by atoms with Gasteiger partial charge in [-0.1, -0.05) is 65.4 Å². The van der Waals surface area contributed by atoms with Gasteiger partial charge in [0.2, 0.25) is 0 Å². The molecule has 0 N–H and O–H groups in total. The Hall–Kier alpha value is -4.21. The smallest absolute Gasteiger partial charge is 0.338 e. The Morgan fingerprint density at radius 1 is 1.12 bits per heavy atom. The van der Waals surface area contributed by atoms with Gasteiger partial charge in [0.15, 0.2) is 16.3 Å². The van der Waals surface area contributed by atoms with Crippen LogP contribution < -0.4 is 24.4 Å². The third kappa shape index (κ3) is 5.68. The van der Waals surface area contributed by atoms with E-state index in [2.05, 4.69) is 4.99 Å². The molecule has 0 bridgehead atoms. The summed E-state index contributed by atoms with van der Waals surface area (Å²) >= 11 is 7.35. The van der Waals surface area contributed by atoms with Crippen LogP contribution in [0.5, 0.6) is 11.5 Å². The standard InChI is InChI=1S/C31H26ClFN2O5S/c1-4-39-30(37)27-18(2)34-31-35(28(27)20-9-6-5-7-10-20)29(36)26(41-31)16-19-13-14-24(25(15-19)38-3)40-17-21-22(32)11-8-12-23(21)33/h5-16,28H,4,17H2,1-3H3/b26-16+/t28-/m0/s1. The molecular weight excluding hydrogens is 567 g/mol. The van der Waals surface area contributed by atoms with E-state index in [1.807, 2.05) is 30.3 Å². The summed E-state index contributed by atoms with van der Waals surface area (Å²) in [6.07, 6.45) is 1.73. The summed E-state index contributed by atoms with van der Waals surface area (Å²) in [5.74, 6) is -0.168. The minimum atomic E-state index is -0.677. The van der Waals surface area contributed by atoms with Gasteiger partial charge < -0.3 is 14.2 Å². The van der Waals surface area contributed by atoms with Crippen molar-refractivity contribution in [1.29, 1.82) is 0 Å². The quantitative estimate of drug-likeness (QED) is 0.264. The number of methoxy groups -OCH3 is 1. The number of nitrogens with zero attached hydrogens (tertiary/aromatic N) is 2. The van der Waals surface area contributed by atoms with E-state index in [0.29, 0.717) is 37.7 Å². The van der Waals surface area contributed by atoms with Gasteiger partial charge >= 0.3 is 5.97 Å². The number of thiazole rings is 1. The molecule has 5 rings (SSSR count). The van der Waals surface area contributed by atoms with Gasteiger partial charge in [-0.2, -0.15) is 0 Å². The van der Waals surface area contributed by atoms with Crippen LogP contribution in [0.25, 0.3) is 6.08 Å². The lowest BCUT2D eigenvalue weighted by Crippen LogP contribution is -2.39. The highest BCUT2D eigenvalue weighted by Crippen LogP contribution is 2.32. The number of allylic oxidation sites excluding steroid dienone is 1. The fraction of sp³-hybridized carbons (Fsp3) is 0.194. The molecule has 7 nitrogen and oxygen atoms in total. The summed E-state index contributed by atoms with van der Waals surface area (Å²) in [6.45, 7) is 3.61. The van der Waals surface area contributed by atoms with Crippen LogP contribution >= 0.6 is 22.9 Å². The number of rotatable bonds is 8. The number of hydrogen-bond donors (Lipinski definition) is 0. The van der Waals surface area contributed by atoms with E-state index in [9.17, 15) is 14.0 Å². The van der Waals surface area contributed by atoms with E-state index >= 15 is 0 Å². The van der Waals surface area contributed by atoms with Gasteiger partial charge in [-0.25, -0.2) is 14.2 Å². The highest BCUT2D eigenvalue weighted by molar-refractivity contribution is 7.07. The van der Waals surface area contributed by atoms with E-state index in [-0.39, 0.29) is 29.4 Å². The largest absolute Gasteiger partial charge is 0.493 e. The van der Waals surface area contributed by atoms with E-state index in [1.165, 1.54) is 35.1 Å². The van der Waals surface area contributed by atoms with Crippen LogP contribution in [0.1, 0.15) is 36.6 Å². The number of halogens is 2. The molecule has 1 aliphatic heterocycles. The zero-order chi connectivity index (χ0) is 29.1. The van der Waals surface area contributed by atoms with Gasteiger partial charge in [0.05, 0.1) is 40.6 Å². The van der Waals surface area contributed by atoms with Gasteiger partial charge in [-0.15, -0.1) is 0 Å². The highest BCUT2D eigenvalue weighted by atomic mass is 35.5. The molecule has 41 heavy (non-hydrogen) atoms. The second-order valence-electron chi connectivity index (χ2n) is 9.11. The van der Waals surface area contributed by atoms with Crippen molar-refractivity contribution in [3.05, 3.63) is 125 Å². The van der Waals surface area contributed by atoms with Crippen molar-refractivity contribution >= 4 is 35.0 Å². The van der Waals surface area contributed by atoms with E-state index in [4.69, 9.17) is 25.8 Å². The number of carbonyl (C=O) groups excluding carboxylic acids is 1. The summed E-state index contributed by atoms with van der Waals surface area (Å²) in [4.78, 5) is 31.8. The molecule has 0 radical (unpaired) electrons. The number of carbonyl (C=O) groups is 1. The first-order valence-corrected chi connectivity index (χ1v) is 14.0. The van der Waals surface area contributed by atoms with Gasteiger partial charge in [0.1, 0.15) is 12.4 Å². The zero-order valence-corrected chi connectivity index (χ0v) is 24.1. The first-order valence-electron chi connectivity index (χ1n) is 12.8. The fourth-order valence-electron chi connectivity index (χ4n) is 4.61. The molecule has 10 heteroatoms. The van der Waals surface area contributed by atoms with Crippen LogP contribution in [-0.4, -0.2) is 24.3 Å². The van der Waals surface area contributed by atoms with Crippen LogP contribution in [0, 0.1) is 5.82 Å². The Morgan fingerprint density at radius 3 is 2.61 bits per heavy atom. The number of esters is 1. The summed E-state index contributed by atoms with van der Waals surface area (Å²) in [5, 5.41) is 0.270. The molecule has 3 aromatic carbocycles. The molecule has 0 aliphatic carbocycles. The van der Waals surface area contributed by atoms with Crippen LogP contribution in [0.15, 0.2) is 87.8 Å². The Labute approximate surface area is 244 Å². The van der Waals surface area contributed by atoms with Gasteiger partial charge in [0, 0.05) is 5.56 Å². The average molecular weight is 593 g/mol. The SMILES string of the molecule is CCOC(=O)C1=C(C)N=c2s/c(=C/c3ccc(OCc4c(F)cccc4Cl)c(OC)c3)c(=O)n2[C@H]1c1ccccc1. The fourth-order valence-corrected chi connectivity index (χ4v) is 5.87. The summed E-state index contributed by atoms with van der Waals surface area (Å²) in [6, 6.07) is 18.3. The maximum absolute atomic E-state index is 14.2. The maximum atomic E-state index is 14.2. The highest BCUT2D eigenvalue weighted by Gasteiger charge is 2.33. The minimum absolute atomic E-state index is 0.0819. The van der Waals surface area contributed by atoms with Crippen molar-refractivity contribution in [1.82, 2.24) is 4.57 Å². The first-order chi connectivity index (χ1) is 19.8. The number of aromatic nitrogens is 1. The lowest BCUT2D eigenvalue weighted by atomic mass is 9.96. The number of benzene rings is 3. The van der Waals surface area contributed by atoms with Crippen molar-refractivity contribution in [2.75, 3.05) is 13.7 Å². The summed E-state index contributed by atoms with van der Waals surface area (Å²) in [5.41, 5.74) is 2.24. The second-order valence-corrected chi connectivity index (χ2v) is 10.5. The maximum Gasteiger partial charge on any atom is 0.338 e. The summed E-state index contributed by atoms with van der Waals surface area (Å²) < 4.78 is 32.8. The first kappa shape index (κ1) is 28.3. The predicted molar refractivity (Wildman–Crippen MR) is 156 cm³/mol. The topological polar surface area (TPSA) is 79.1 Å². The van der Waals surface area contributed by atoms with Crippen molar-refractivity contribution in [3.63, 3.8) is 0 Å². The van der Waals surface area contributed by atoms with E-state index < -0.39 is 17.8 Å². The van der Waals surface area contributed by atoms with Gasteiger partial charge in [-0.3, -0.25) is 9.36 Å². The van der Waals surface area contributed by atoms with Gasteiger partial charge in [-0.05, 0) is 55.3 Å². The molecule has 210 valence electrons. The molecule has 0 unspecified atom stereocenters. The third-order valence-electron chi connectivity index (χ3n) is 6.55. The Kier molecular flexibility index (Phi) is 8.37. The normalized spacial score (nSPS) is 14.9. The van der Waals surface area contributed by atoms with Crippen LogP contribution in [0.3, 0.4) is 0 Å². The molecule has 0 amide bonds. The molecule has 0 fully saturated rings. The van der Waals surface area contributed by atoms with Crippen molar-refractivity contribution < 1.29 is 23.4 Å². The Morgan fingerprint density at radius 2 is 1.90 bits per heavy atom. The van der Waals surface area contributed by atoms with E-state index in [0.717, 1.165) is 5.56 Å². The number of ether oxygens (including phenoxy) is 3. The predicted octanol–water partition coefficient (Wildman–Crippen LogP) is 5.18. The van der Waals surface area contributed by atoms with Gasteiger partial charge in [0.25, 0.3) is 5.56 Å². The zero-order valence-electron chi connectivity index (χ0n) is 22.5. The molecule has 2 heterocycles. The summed E-state index contributed by atoms with van der Waals surface area (Å²) in [7, 11) is 1.50. The molecule has 4 aromatic rings. The Balaban J connectivity index is 1.53. The van der Waals surface area contributed by atoms with Crippen LogP contribution in [-0.2, 0) is 16.1 Å². The van der Waals surface area contributed by atoms with Crippen LogP contribution in [0.4, 0.5) is 4.39 Å². The molecule has 1 aromatic heterocycles. The molecule has 0 spiro atoms. The van der Waals surface area contributed by atoms with Crippen molar-refractivity contribution in [2.45, 2.75) is 26.5 Å². The van der Waals surface area contributed by atoms with Crippen molar-refractivity contribution in [2.24, 2.45) is 4.99 Å². The molecule has 1 atom stereocenters. The minimum Gasteiger partial charge on any atom is -0.493 e. The Bertz CT molecular complexity index is 1810. The third-order valence-corrected chi connectivity index (χ3v) is 7.89. The van der Waals surface area contributed by atoms with Crippen molar-refractivity contribution in [3.8, 4) is 11.5 Å². The van der Waals surface area contributed by atoms with Crippen LogP contribution in [0.2, 0.25) is 5.02 Å². The number of hydrogen-bond acceptors (Lipinski definition) is 7. The lowest BCUT2D eigenvalue weighted by Gasteiger charge is -2.24. The molecule has 1 aliphatic rings. The monoisotopic (exact) mass is 592 g/mol. The number of fused-ring (bicyclic) bond motifs is 1.